The summed E-state index contributed by atoms with van der Waals surface area (Å²) in [5.74, 6) is -0.533. The molecule has 2 amide bonds. The van der Waals surface area contributed by atoms with E-state index < -0.39 is 21.9 Å². The first-order valence-corrected chi connectivity index (χ1v) is 11.9. The van der Waals surface area contributed by atoms with Crippen LogP contribution in [0.15, 0.2) is 23.2 Å². The summed E-state index contributed by atoms with van der Waals surface area (Å²) < 4.78 is 43.1. The number of halogens is 1. The summed E-state index contributed by atoms with van der Waals surface area (Å²) >= 11 is 0. The molecule has 1 saturated heterocycles. The fourth-order valence-electron chi connectivity index (χ4n) is 3.54. The Labute approximate surface area is 211 Å². The van der Waals surface area contributed by atoms with Crippen molar-refractivity contribution in [2.45, 2.75) is 57.5 Å². The molecule has 0 aliphatic carbocycles. The normalized spacial score (nSPS) is 14.2. The third kappa shape index (κ3) is 6.11. The number of nitrogens with one attached hydrogen (secondary N) is 2. The Hall–Kier alpha value is -1.46. The first-order chi connectivity index (χ1) is 14.5. The minimum Gasteiger partial charge on any atom is -0.307 e. The molecular weight excluding hydrogens is 444 g/mol. The summed E-state index contributed by atoms with van der Waals surface area (Å²) in [4.78, 5) is 14.8. The van der Waals surface area contributed by atoms with Gasteiger partial charge in [-0.15, -0.1) is 0 Å². The molecule has 1 aromatic carbocycles. The Bertz CT molecular complexity index is 1050. The van der Waals surface area contributed by atoms with Gasteiger partial charge in [-0.1, -0.05) is 27.7 Å². The van der Waals surface area contributed by atoms with Gasteiger partial charge >= 0.3 is 6.03 Å². The maximum Gasteiger partial charge on any atom is 0.333 e. The van der Waals surface area contributed by atoms with Crippen molar-refractivity contribution in [3.05, 3.63) is 40.8 Å². The number of hydrogen-bond donors (Lipinski definition) is 2. The molecule has 2 aromatic rings. The monoisotopic (exact) mass is 474 g/mol. The maximum absolute atomic E-state index is 14.1. The third-order valence-corrected chi connectivity index (χ3v) is 6.64. The van der Waals surface area contributed by atoms with Gasteiger partial charge in [0, 0.05) is 54.9 Å². The van der Waals surface area contributed by atoms with Crippen LogP contribution in [0, 0.1) is 5.82 Å². The molecular formula is C21H30FN5NaO3S. The number of aryl methyl sites for hydroxylation is 1. The molecule has 1 aromatic heterocycles. The Morgan fingerprint density at radius 1 is 1.12 bits per heavy atom. The number of likely N-dealkylation sites (tertiary alicyclic amines) is 1. The van der Waals surface area contributed by atoms with Gasteiger partial charge in [-0.05, 0) is 54.6 Å². The van der Waals surface area contributed by atoms with Crippen LogP contribution < -0.4 is 10.0 Å². The standard InChI is InChI=1S/C21H30FN5O3S.Na/c1-13(2)17-9-15(22)10-18(14(3)4)20(17)23-21(28)25-31(29,30)19-11-16(26(5)24-19)12-27-7-6-8-27;/h9-11,13-14H,6-8,12H2,1-5H3,(H2,23,25,28);. The Morgan fingerprint density at radius 3 is 2.16 bits per heavy atom. The fourth-order valence-corrected chi connectivity index (χ4v) is 4.46. The average molecular weight is 475 g/mol. The second-order valence-electron chi connectivity index (χ2n) is 8.56. The number of carbonyl (C=O) groups is 1. The van der Waals surface area contributed by atoms with Gasteiger partial charge in [-0.25, -0.2) is 13.9 Å². The van der Waals surface area contributed by atoms with E-state index in [2.05, 4.69) is 15.3 Å². The SMILES string of the molecule is CC(C)c1cc(F)cc(C(C)C)c1NC(=O)NS(=O)(=O)c1cc(CN2CCC2)n(C)n1.[Na]. The van der Waals surface area contributed by atoms with Gasteiger partial charge in [0.2, 0.25) is 0 Å². The smallest absolute Gasteiger partial charge is 0.307 e. The molecule has 0 bridgehead atoms. The van der Waals surface area contributed by atoms with Crippen LogP contribution in [0.2, 0.25) is 0 Å². The van der Waals surface area contributed by atoms with Crippen molar-refractivity contribution < 1.29 is 17.6 Å². The molecule has 32 heavy (non-hydrogen) atoms. The number of nitrogens with zero attached hydrogens (tertiary/aromatic N) is 3. The van der Waals surface area contributed by atoms with Gasteiger partial charge < -0.3 is 5.32 Å². The molecule has 1 radical (unpaired) electrons. The number of amides is 2. The molecule has 1 aliphatic rings. The molecule has 0 unspecified atom stereocenters. The van der Waals surface area contributed by atoms with E-state index in [1.54, 1.807) is 7.05 Å². The molecule has 2 N–H and O–H groups in total. The van der Waals surface area contributed by atoms with Crippen molar-refractivity contribution in [3.63, 3.8) is 0 Å². The van der Waals surface area contributed by atoms with Crippen molar-refractivity contribution in [1.29, 1.82) is 0 Å². The van der Waals surface area contributed by atoms with E-state index in [4.69, 9.17) is 0 Å². The number of anilines is 1. The summed E-state index contributed by atoms with van der Waals surface area (Å²) in [5, 5.41) is 6.48. The van der Waals surface area contributed by atoms with Gasteiger partial charge in [0.15, 0.2) is 5.03 Å². The van der Waals surface area contributed by atoms with Crippen LogP contribution in [0.1, 0.15) is 62.8 Å². The molecule has 8 nitrogen and oxygen atoms in total. The zero-order chi connectivity index (χ0) is 22.9. The topological polar surface area (TPSA) is 96.3 Å². The largest absolute Gasteiger partial charge is 0.333 e. The average Bonchev–Trinajstić information content (AvgIpc) is 3.00. The summed E-state index contributed by atoms with van der Waals surface area (Å²) in [5.41, 5.74) is 2.39. The first kappa shape index (κ1) is 26.8. The van der Waals surface area contributed by atoms with Crippen LogP contribution in [0.3, 0.4) is 0 Å². The van der Waals surface area contributed by atoms with E-state index >= 15 is 0 Å². The Morgan fingerprint density at radius 2 is 1.69 bits per heavy atom. The second kappa shape index (κ2) is 10.6. The van der Waals surface area contributed by atoms with Gasteiger partial charge in [0.05, 0.1) is 5.69 Å². The number of carbonyl (C=O) groups excluding carboxylic acids is 1. The fraction of sp³-hybridized carbons (Fsp3) is 0.524. The van der Waals surface area contributed by atoms with Crippen molar-refractivity contribution in [2.75, 3.05) is 18.4 Å². The molecule has 0 atom stereocenters. The first-order valence-electron chi connectivity index (χ1n) is 10.4. The predicted octanol–water partition coefficient (Wildman–Crippen LogP) is 3.14. The van der Waals surface area contributed by atoms with Crippen LogP contribution in [-0.2, 0) is 23.6 Å². The maximum atomic E-state index is 14.1. The van der Waals surface area contributed by atoms with E-state index in [1.165, 1.54) is 22.9 Å². The van der Waals surface area contributed by atoms with Crippen LogP contribution >= 0.6 is 0 Å². The van der Waals surface area contributed by atoms with Crippen LogP contribution in [-0.4, -0.2) is 71.8 Å². The third-order valence-electron chi connectivity index (χ3n) is 5.44. The molecule has 1 fully saturated rings. The van der Waals surface area contributed by atoms with Gasteiger partial charge in [-0.2, -0.15) is 13.5 Å². The zero-order valence-electron chi connectivity index (χ0n) is 19.6. The summed E-state index contributed by atoms with van der Waals surface area (Å²) in [7, 11) is -2.49. The van der Waals surface area contributed by atoms with Crippen molar-refractivity contribution in [3.8, 4) is 0 Å². The molecule has 0 saturated carbocycles. The molecule has 0 spiro atoms. The molecule has 11 heteroatoms. The minimum absolute atomic E-state index is 0. The van der Waals surface area contributed by atoms with Crippen LogP contribution in [0.4, 0.5) is 14.9 Å². The van der Waals surface area contributed by atoms with Gasteiger partial charge in [0.25, 0.3) is 10.0 Å². The van der Waals surface area contributed by atoms with Crippen LogP contribution in [0.5, 0.6) is 0 Å². The van der Waals surface area contributed by atoms with E-state index in [-0.39, 0.29) is 46.4 Å². The van der Waals surface area contributed by atoms with Crippen molar-refractivity contribution in [2.24, 2.45) is 7.05 Å². The van der Waals surface area contributed by atoms with E-state index in [9.17, 15) is 17.6 Å². The molecule has 2 heterocycles. The molecule has 1 aliphatic heterocycles. The number of aromatic nitrogens is 2. The Kier molecular flexibility index (Phi) is 8.91. The number of sulfonamides is 1. The van der Waals surface area contributed by atoms with Crippen LogP contribution in [0.25, 0.3) is 0 Å². The van der Waals surface area contributed by atoms with E-state index in [0.717, 1.165) is 25.2 Å². The number of rotatable bonds is 7. The summed E-state index contributed by atoms with van der Waals surface area (Å²) in [6, 6.07) is 3.29. The van der Waals surface area contributed by atoms with Gasteiger partial charge in [0.1, 0.15) is 5.82 Å². The second-order valence-corrected chi connectivity index (χ2v) is 10.2. The van der Waals surface area contributed by atoms with Gasteiger partial charge in [-0.3, -0.25) is 9.58 Å². The number of benzene rings is 1. The van der Waals surface area contributed by atoms with E-state index in [0.29, 0.717) is 23.4 Å². The zero-order valence-corrected chi connectivity index (χ0v) is 22.4. The summed E-state index contributed by atoms with van der Waals surface area (Å²) in [6.45, 7) is 10.1. The number of urea groups is 1. The summed E-state index contributed by atoms with van der Waals surface area (Å²) in [6.07, 6.45) is 1.13. The molecule has 171 valence electrons. The quantitative estimate of drug-likeness (QED) is 0.601. The minimum atomic E-state index is -4.17. The number of hydrogen-bond acceptors (Lipinski definition) is 5. The Balaban J connectivity index is 0.00000363. The molecule has 3 rings (SSSR count). The van der Waals surface area contributed by atoms with E-state index in [1.807, 2.05) is 32.4 Å². The predicted molar refractivity (Wildman–Crippen MR) is 123 cm³/mol. The van der Waals surface area contributed by atoms with Crippen molar-refractivity contribution in [1.82, 2.24) is 19.4 Å². The van der Waals surface area contributed by atoms with Crippen molar-refractivity contribution >= 4 is 51.3 Å².